The molecule has 20 heavy (non-hydrogen) atoms. The first-order chi connectivity index (χ1) is 9.51. The van der Waals surface area contributed by atoms with E-state index in [4.69, 9.17) is 4.74 Å². The van der Waals surface area contributed by atoms with Crippen molar-refractivity contribution in [2.45, 2.75) is 6.92 Å². The van der Waals surface area contributed by atoms with Crippen molar-refractivity contribution in [3.8, 4) is 5.75 Å². The smallest absolute Gasteiger partial charge is 0.343 e. The molecule has 0 amide bonds. The number of carbonyl (C=O) groups excluding carboxylic acids is 2. The van der Waals surface area contributed by atoms with Gasteiger partial charge in [0.2, 0.25) is 0 Å². The molecule has 0 N–H and O–H groups in total. The van der Waals surface area contributed by atoms with Crippen molar-refractivity contribution >= 4 is 44.1 Å². The minimum absolute atomic E-state index is 0.241. The number of hydrogen-bond donors (Lipinski definition) is 0. The number of esters is 1. The molecule has 0 saturated heterocycles. The molecule has 102 valence electrons. The van der Waals surface area contributed by atoms with E-state index in [1.807, 2.05) is 13.0 Å². The third-order valence-electron chi connectivity index (χ3n) is 2.71. The van der Waals surface area contributed by atoms with Gasteiger partial charge < -0.3 is 4.74 Å². The molecule has 0 saturated carbocycles. The van der Waals surface area contributed by atoms with Gasteiger partial charge in [-0.3, -0.25) is 4.79 Å². The average Bonchev–Trinajstić information content (AvgIpc) is 2.43. The Morgan fingerprint density at radius 1 is 1.15 bits per heavy atom. The third kappa shape index (κ3) is 3.35. The molecule has 0 spiro atoms. The summed E-state index contributed by atoms with van der Waals surface area (Å²) in [6.45, 7) is 1.93. The van der Waals surface area contributed by atoms with Crippen molar-refractivity contribution < 1.29 is 14.3 Å². The van der Waals surface area contributed by atoms with Gasteiger partial charge in [-0.15, -0.1) is 0 Å². The van der Waals surface area contributed by atoms with Crippen LogP contribution in [0.4, 0.5) is 0 Å². The van der Waals surface area contributed by atoms with Gasteiger partial charge in [0.15, 0.2) is 6.29 Å². The van der Waals surface area contributed by atoms with Gasteiger partial charge in [-0.1, -0.05) is 37.9 Å². The average molecular weight is 398 g/mol. The van der Waals surface area contributed by atoms with Crippen molar-refractivity contribution in [1.29, 1.82) is 0 Å². The quantitative estimate of drug-likeness (QED) is 0.433. The van der Waals surface area contributed by atoms with Crippen LogP contribution in [0.5, 0.6) is 5.75 Å². The van der Waals surface area contributed by atoms with Gasteiger partial charge in [0.1, 0.15) is 5.75 Å². The molecular formula is C15H10Br2O3. The van der Waals surface area contributed by atoms with Crippen LogP contribution in [0.15, 0.2) is 45.3 Å². The van der Waals surface area contributed by atoms with E-state index in [0.717, 1.165) is 14.5 Å². The molecule has 0 aliphatic rings. The molecule has 0 aliphatic heterocycles. The number of aldehydes is 1. The largest absolute Gasteiger partial charge is 0.422 e. The molecule has 2 aromatic carbocycles. The minimum atomic E-state index is -0.504. The second-order valence-electron chi connectivity index (χ2n) is 4.15. The number of benzene rings is 2. The zero-order valence-electron chi connectivity index (χ0n) is 10.5. The molecule has 0 aliphatic carbocycles. The van der Waals surface area contributed by atoms with Crippen LogP contribution in [0.3, 0.4) is 0 Å². The highest BCUT2D eigenvalue weighted by Crippen LogP contribution is 2.24. The summed E-state index contributed by atoms with van der Waals surface area (Å²) >= 11 is 6.63. The predicted molar refractivity (Wildman–Crippen MR) is 83.4 cm³/mol. The maximum atomic E-state index is 12.1. The fourth-order valence-electron chi connectivity index (χ4n) is 1.58. The first-order valence-electron chi connectivity index (χ1n) is 5.74. The molecule has 0 radical (unpaired) electrons. The number of hydrogen-bond acceptors (Lipinski definition) is 3. The first-order valence-corrected chi connectivity index (χ1v) is 7.33. The molecule has 0 fully saturated rings. The number of rotatable bonds is 3. The standard InChI is InChI=1S/C15H10Br2O3/c1-9-2-3-10(7-13(9)17)15(19)20-14-5-4-12(16)6-11(14)8-18/h2-8H,1H3. The van der Waals surface area contributed by atoms with Crippen LogP contribution >= 0.6 is 31.9 Å². The summed E-state index contributed by atoms with van der Waals surface area (Å²) < 4.78 is 6.84. The molecule has 0 heterocycles. The van der Waals surface area contributed by atoms with E-state index in [0.29, 0.717) is 17.4 Å². The Kier molecular flexibility index (Phi) is 4.73. The van der Waals surface area contributed by atoms with Gasteiger partial charge in [-0.25, -0.2) is 4.79 Å². The molecule has 0 bridgehead atoms. The summed E-state index contributed by atoms with van der Waals surface area (Å²) in [4.78, 5) is 23.0. The van der Waals surface area contributed by atoms with Crippen LogP contribution in [0, 0.1) is 6.92 Å². The van der Waals surface area contributed by atoms with E-state index in [2.05, 4.69) is 31.9 Å². The highest BCUT2D eigenvalue weighted by molar-refractivity contribution is 9.10. The van der Waals surface area contributed by atoms with Crippen molar-refractivity contribution in [3.05, 3.63) is 62.0 Å². The van der Waals surface area contributed by atoms with E-state index in [1.165, 1.54) is 0 Å². The van der Waals surface area contributed by atoms with Crippen LogP contribution < -0.4 is 4.74 Å². The third-order valence-corrected chi connectivity index (χ3v) is 4.06. The van der Waals surface area contributed by atoms with Crippen molar-refractivity contribution in [3.63, 3.8) is 0 Å². The summed E-state index contributed by atoms with van der Waals surface area (Å²) in [7, 11) is 0. The monoisotopic (exact) mass is 396 g/mol. The second-order valence-corrected chi connectivity index (χ2v) is 5.92. The van der Waals surface area contributed by atoms with Crippen LogP contribution in [0.25, 0.3) is 0 Å². The summed E-state index contributed by atoms with van der Waals surface area (Å²) in [5.74, 6) is -0.263. The molecular weight excluding hydrogens is 388 g/mol. The Bertz CT molecular complexity index is 681. The van der Waals surface area contributed by atoms with Crippen molar-refractivity contribution in [2.24, 2.45) is 0 Å². The lowest BCUT2D eigenvalue weighted by atomic mass is 10.1. The zero-order valence-corrected chi connectivity index (χ0v) is 13.7. The highest BCUT2D eigenvalue weighted by Gasteiger charge is 2.12. The zero-order chi connectivity index (χ0) is 14.7. The molecule has 0 aromatic heterocycles. The lowest BCUT2D eigenvalue weighted by molar-refractivity contribution is 0.0733. The summed E-state index contributed by atoms with van der Waals surface area (Å²) in [6, 6.07) is 10.1. The Labute approximate surface area is 133 Å². The summed E-state index contributed by atoms with van der Waals surface area (Å²) in [6.07, 6.45) is 0.651. The Morgan fingerprint density at radius 2 is 1.90 bits per heavy atom. The number of carbonyl (C=O) groups is 2. The van der Waals surface area contributed by atoms with Crippen molar-refractivity contribution in [1.82, 2.24) is 0 Å². The van der Waals surface area contributed by atoms with E-state index < -0.39 is 5.97 Å². The fraction of sp³-hybridized carbons (Fsp3) is 0.0667. The summed E-state index contributed by atoms with van der Waals surface area (Å²) in [5.41, 5.74) is 1.76. The number of halogens is 2. The Hall–Kier alpha value is -1.46. The topological polar surface area (TPSA) is 43.4 Å². The number of aryl methyl sites for hydroxylation is 1. The van der Waals surface area contributed by atoms with Gasteiger partial charge in [0.25, 0.3) is 0 Å². The molecule has 5 heteroatoms. The molecule has 2 aromatic rings. The van der Waals surface area contributed by atoms with E-state index >= 15 is 0 Å². The van der Waals surface area contributed by atoms with Gasteiger partial charge in [-0.05, 0) is 42.8 Å². The van der Waals surface area contributed by atoms with Gasteiger partial charge in [0.05, 0.1) is 11.1 Å². The molecule has 2 rings (SSSR count). The Morgan fingerprint density at radius 3 is 2.55 bits per heavy atom. The fourth-order valence-corrected chi connectivity index (χ4v) is 2.34. The van der Waals surface area contributed by atoms with Gasteiger partial charge in [-0.2, -0.15) is 0 Å². The van der Waals surface area contributed by atoms with Crippen LogP contribution in [0.2, 0.25) is 0 Å². The lowest BCUT2D eigenvalue weighted by Gasteiger charge is -2.08. The minimum Gasteiger partial charge on any atom is -0.422 e. The van der Waals surface area contributed by atoms with E-state index in [-0.39, 0.29) is 5.75 Å². The van der Waals surface area contributed by atoms with Crippen LogP contribution in [-0.4, -0.2) is 12.3 Å². The molecule has 3 nitrogen and oxygen atoms in total. The maximum absolute atomic E-state index is 12.1. The lowest BCUT2D eigenvalue weighted by Crippen LogP contribution is -2.10. The first kappa shape index (κ1) is 14.9. The van der Waals surface area contributed by atoms with Gasteiger partial charge >= 0.3 is 5.97 Å². The van der Waals surface area contributed by atoms with Crippen molar-refractivity contribution in [2.75, 3.05) is 0 Å². The Balaban J connectivity index is 2.27. The molecule has 0 atom stereocenters. The molecule has 0 unspecified atom stereocenters. The van der Waals surface area contributed by atoms with Gasteiger partial charge in [0, 0.05) is 8.95 Å². The van der Waals surface area contributed by atoms with E-state index in [1.54, 1.807) is 30.3 Å². The maximum Gasteiger partial charge on any atom is 0.343 e. The second kappa shape index (κ2) is 6.33. The SMILES string of the molecule is Cc1ccc(C(=O)Oc2ccc(Br)cc2C=O)cc1Br. The number of ether oxygens (including phenoxy) is 1. The predicted octanol–water partition coefficient (Wildman–Crippen LogP) is 4.55. The normalized spacial score (nSPS) is 10.2. The van der Waals surface area contributed by atoms with E-state index in [9.17, 15) is 9.59 Å². The highest BCUT2D eigenvalue weighted by atomic mass is 79.9. The van der Waals surface area contributed by atoms with Crippen LogP contribution in [0.1, 0.15) is 26.3 Å². The summed E-state index contributed by atoms with van der Waals surface area (Å²) in [5, 5.41) is 0. The van der Waals surface area contributed by atoms with Crippen LogP contribution in [-0.2, 0) is 0 Å².